The summed E-state index contributed by atoms with van der Waals surface area (Å²) in [4.78, 5) is 38.4. The van der Waals surface area contributed by atoms with Gasteiger partial charge in [0.15, 0.2) is 5.82 Å². The van der Waals surface area contributed by atoms with Crippen LogP contribution in [0, 0.1) is 6.92 Å². The summed E-state index contributed by atoms with van der Waals surface area (Å²) >= 11 is 0. The minimum Gasteiger partial charge on any atom is -0.378 e. The molecule has 0 bridgehead atoms. The summed E-state index contributed by atoms with van der Waals surface area (Å²) in [6.07, 6.45) is 3.64. The van der Waals surface area contributed by atoms with Gasteiger partial charge in [-0.1, -0.05) is 19.6 Å². The van der Waals surface area contributed by atoms with Gasteiger partial charge in [-0.15, -0.1) is 0 Å². The Bertz CT molecular complexity index is 1520. The molecule has 1 aliphatic heterocycles. The third-order valence-corrected chi connectivity index (χ3v) is 8.36. The molecule has 194 valence electrons. The van der Waals surface area contributed by atoms with Crippen LogP contribution in [0.2, 0.25) is 25.7 Å². The van der Waals surface area contributed by atoms with E-state index in [0.29, 0.717) is 60.9 Å². The van der Waals surface area contributed by atoms with Crippen LogP contribution in [0.15, 0.2) is 47.7 Å². The number of benzene rings is 1. The van der Waals surface area contributed by atoms with E-state index in [1.807, 2.05) is 41.8 Å². The number of nitrogens with zero attached hydrogens (tertiary/aromatic N) is 5. The summed E-state index contributed by atoms with van der Waals surface area (Å²) in [7, 11) is -1.29. The van der Waals surface area contributed by atoms with Crippen molar-refractivity contribution in [2.24, 2.45) is 0 Å². The lowest BCUT2D eigenvalue weighted by Crippen LogP contribution is -2.40. The molecule has 9 nitrogen and oxygen atoms in total. The quantitative estimate of drug-likeness (QED) is 0.272. The summed E-state index contributed by atoms with van der Waals surface area (Å²) in [5.74, 6) is 0.347. The van der Waals surface area contributed by atoms with E-state index in [1.165, 1.54) is 4.57 Å². The molecule has 37 heavy (non-hydrogen) atoms. The molecule has 0 saturated carbocycles. The van der Waals surface area contributed by atoms with Gasteiger partial charge in [-0.25, -0.2) is 9.97 Å². The van der Waals surface area contributed by atoms with Gasteiger partial charge in [-0.3, -0.25) is 14.2 Å². The first-order valence-corrected chi connectivity index (χ1v) is 16.3. The van der Waals surface area contributed by atoms with Crippen LogP contribution >= 0.6 is 0 Å². The highest BCUT2D eigenvalue weighted by atomic mass is 28.3. The van der Waals surface area contributed by atoms with E-state index in [-0.39, 0.29) is 18.2 Å². The van der Waals surface area contributed by atoms with Gasteiger partial charge in [0, 0.05) is 45.0 Å². The number of fused-ring (bicyclic) bond motifs is 2. The van der Waals surface area contributed by atoms with E-state index >= 15 is 0 Å². The molecule has 0 aliphatic carbocycles. The second-order valence-corrected chi connectivity index (χ2v) is 16.3. The summed E-state index contributed by atoms with van der Waals surface area (Å²) in [5.41, 5.74) is 3.11. The largest absolute Gasteiger partial charge is 0.378 e. The number of amides is 1. The van der Waals surface area contributed by atoms with E-state index in [1.54, 1.807) is 17.3 Å². The van der Waals surface area contributed by atoms with Crippen LogP contribution in [0.3, 0.4) is 0 Å². The zero-order valence-electron chi connectivity index (χ0n) is 21.9. The van der Waals surface area contributed by atoms with Crippen molar-refractivity contribution in [1.29, 1.82) is 0 Å². The van der Waals surface area contributed by atoms with Gasteiger partial charge >= 0.3 is 0 Å². The normalized spacial score (nSPS) is 14.5. The molecule has 4 heterocycles. The van der Waals surface area contributed by atoms with Gasteiger partial charge in [0.1, 0.15) is 12.4 Å². The maximum absolute atomic E-state index is 13.9. The first-order chi connectivity index (χ1) is 17.7. The fourth-order valence-electron chi connectivity index (χ4n) is 4.48. The average molecular weight is 520 g/mol. The summed E-state index contributed by atoms with van der Waals surface area (Å²) in [5, 5.41) is 0.401. The zero-order valence-corrected chi connectivity index (χ0v) is 22.9. The molecule has 1 fully saturated rings. The molecule has 1 amide bonds. The molecule has 3 aromatic heterocycles. The van der Waals surface area contributed by atoms with Crippen LogP contribution in [0.4, 0.5) is 0 Å². The number of morpholine rings is 1. The van der Waals surface area contributed by atoms with Crippen molar-refractivity contribution in [3.8, 4) is 11.5 Å². The van der Waals surface area contributed by atoms with Crippen LogP contribution < -0.4 is 5.56 Å². The van der Waals surface area contributed by atoms with Crippen molar-refractivity contribution >= 4 is 30.4 Å². The summed E-state index contributed by atoms with van der Waals surface area (Å²) in [6, 6.07) is 10.3. The number of carbonyl (C=O) groups is 1. The highest BCUT2D eigenvalue weighted by molar-refractivity contribution is 6.76. The molecule has 1 aliphatic rings. The molecular formula is C27H33N5O4Si. The Kier molecular flexibility index (Phi) is 6.97. The molecule has 0 atom stereocenters. The van der Waals surface area contributed by atoms with Crippen LogP contribution in [-0.2, 0) is 16.2 Å². The van der Waals surface area contributed by atoms with E-state index in [2.05, 4.69) is 24.6 Å². The lowest BCUT2D eigenvalue weighted by molar-refractivity contribution is 0.0303. The number of aryl methyl sites for hydroxylation is 1. The van der Waals surface area contributed by atoms with Crippen LogP contribution in [0.5, 0.6) is 0 Å². The Labute approximate surface area is 216 Å². The number of ether oxygens (including phenoxy) is 2. The van der Waals surface area contributed by atoms with E-state index in [9.17, 15) is 9.59 Å². The second-order valence-electron chi connectivity index (χ2n) is 10.7. The van der Waals surface area contributed by atoms with Gasteiger partial charge in [0.2, 0.25) is 0 Å². The fourth-order valence-corrected chi connectivity index (χ4v) is 5.24. The third kappa shape index (κ3) is 5.36. The topological polar surface area (TPSA) is 91.0 Å². The van der Waals surface area contributed by atoms with E-state index in [0.717, 1.165) is 17.1 Å². The predicted molar refractivity (Wildman–Crippen MR) is 146 cm³/mol. The monoisotopic (exact) mass is 519 g/mol. The first kappa shape index (κ1) is 25.3. The molecule has 5 rings (SSSR count). The molecule has 1 aromatic carbocycles. The average Bonchev–Trinajstić information content (AvgIpc) is 3.35. The van der Waals surface area contributed by atoms with Gasteiger partial charge in [-0.05, 0) is 48.9 Å². The lowest BCUT2D eigenvalue weighted by atomic mass is 10.1. The Morgan fingerprint density at radius 2 is 1.95 bits per heavy atom. The van der Waals surface area contributed by atoms with Crippen molar-refractivity contribution in [3.63, 3.8) is 0 Å². The number of hydrogen-bond donors (Lipinski definition) is 0. The van der Waals surface area contributed by atoms with Gasteiger partial charge in [-0.2, -0.15) is 0 Å². The van der Waals surface area contributed by atoms with E-state index in [4.69, 9.17) is 14.5 Å². The number of hydrogen-bond acceptors (Lipinski definition) is 6. The molecule has 10 heteroatoms. The third-order valence-electron chi connectivity index (χ3n) is 6.66. The molecule has 0 spiro atoms. The molecule has 1 saturated heterocycles. The minimum atomic E-state index is -1.29. The number of carbonyl (C=O) groups excluding carboxylic acids is 1. The number of rotatable bonds is 7. The SMILES string of the molecule is Cc1cc(C(=O)N2CCOCC2)cc2c(=O)n(COCC[Si](C)(C)C)c(-c3cc4cccn4cn3)nc12. The maximum Gasteiger partial charge on any atom is 0.263 e. The van der Waals surface area contributed by atoms with E-state index < -0.39 is 8.07 Å². The van der Waals surface area contributed by atoms with Gasteiger partial charge in [0.25, 0.3) is 11.5 Å². The molecule has 4 aromatic rings. The fraction of sp³-hybridized carbons (Fsp3) is 0.407. The van der Waals surface area contributed by atoms with Gasteiger partial charge in [0.05, 0.1) is 30.4 Å². The van der Waals surface area contributed by atoms with Crippen LogP contribution in [0.25, 0.3) is 27.9 Å². The Balaban J connectivity index is 1.60. The highest BCUT2D eigenvalue weighted by Crippen LogP contribution is 2.23. The molecule has 0 radical (unpaired) electrons. The van der Waals surface area contributed by atoms with Crippen molar-refractivity contribution < 1.29 is 14.3 Å². The Hall–Kier alpha value is -3.34. The number of aromatic nitrogens is 4. The summed E-state index contributed by atoms with van der Waals surface area (Å²) in [6.45, 7) is 11.5. The molecular weight excluding hydrogens is 486 g/mol. The predicted octanol–water partition coefficient (Wildman–Crippen LogP) is 3.80. The van der Waals surface area contributed by atoms with Crippen LogP contribution in [-0.4, -0.2) is 70.7 Å². The smallest absolute Gasteiger partial charge is 0.263 e. The zero-order chi connectivity index (χ0) is 26.2. The van der Waals surface area contributed by atoms with Crippen molar-refractivity contribution in [2.75, 3.05) is 32.9 Å². The summed E-state index contributed by atoms with van der Waals surface area (Å²) < 4.78 is 14.8. The lowest BCUT2D eigenvalue weighted by Gasteiger charge is -2.27. The minimum absolute atomic E-state index is 0.0656. The second kappa shape index (κ2) is 10.2. The van der Waals surface area contributed by atoms with Crippen molar-refractivity contribution in [3.05, 3.63) is 64.3 Å². The first-order valence-electron chi connectivity index (χ1n) is 12.6. The Morgan fingerprint density at radius 1 is 1.16 bits per heavy atom. The highest BCUT2D eigenvalue weighted by Gasteiger charge is 2.22. The molecule has 0 N–H and O–H groups in total. The van der Waals surface area contributed by atoms with Crippen LogP contribution in [0.1, 0.15) is 15.9 Å². The van der Waals surface area contributed by atoms with Crippen molar-refractivity contribution in [1.82, 2.24) is 23.8 Å². The Morgan fingerprint density at radius 3 is 2.70 bits per heavy atom. The standard InChI is InChI=1S/C27H33N5O4Si/c1-19-14-20(26(33)30-8-10-35-11-9-30)15-22-24(19)29-25(23-16-21-6-5-7-31(21)17-28-23)32(27(22)34)18-36-12-13-37(2,3)4/h5-7,14-17H,8-13,18H2,1-4H3. The maximum atomic E-state index is 13.9. The molecule has 0 unspecified atom stereocenters. The van der Waals surface area contributed by atoms with Crippen molar-refractivity contribution in [2.45, 2.75) is 39.3 Å². The van der Waals surface area contributed by atoms with Gasteiger partial charge < -0.3 is 18.8 Å².